The first-order chi connectivity index (χ1) is 13.5. The molecule has 0 aliphatic carbocycles. The third-order valence-electron chi connectivity index (χ3n) is 5.21. The van der Waals surface area contributed by atoms with E-state index in [-0.39, 0.29) is 24.9 Å². The number of fused-ring (bicyclic) bond motifs is 1. The number of carbonyl (C=O) groups is 2. The van der Waals surface area contributed by atoms with Gasteiger partial charge in [-0.3, -0.25) is 9.59 Å². The highest BCUT2D eigenvalue weighted by Gasteiger charge is 2.18. The van der Waals surface area contributed by atoms with Crippen LogP contribution in [0, 0.1) is 13.8 Å². The van der Waals surface area contributed by atoms with Gasteiger partial charge in [-0.05, 0) is 38.7 Å². The van der Waals surface area contributed by atoms with Crippen molar-refractivity contribution in [3.8, 4) is 0 Å². The molecule has 2 aromatic rings. The number of ether oxygens (including phenoxy) is 1. The fourth-order valence-electron chi connectivity index (χ4n) is 3.62. The largest absolute Gasteiger partial charge is 0.456 e. The number of nitrogen functional groups attached to an aromatic ring is 1. The number of anilines is 1. The molecular formula is C19H28N6O3. The van der Waals surface area contributed by atoms with Crippen molar-refractivity contribution in [3.63, 3.8) is 0 Å². The van der Waals surface area contributed by atoms with Crippen molar-refractivity contribution in [2.45, 2.75) is 58.8 Å². The van der Waals surface area contributed by atoms with Gasteiger partial charge < -0.3 is 15.4 Å². The first-order valence-corrected chi connectivity index (χ1v) is 9.87. The van der Waals surface area contributed by atoms with Crippen LogP contribution in [0.2, 0.25) is 0 Å². The Labute approximate surface area is 164 Å². The summed E-state index contributed by atoms with van der Waals surface area (Å²) in [6.45, 7) is 5.07. The Morgan fingerprint density at radius 2 is 1.75 bits per heavy atom. The number of likely N-dealkylation sites (tertiary alicyclic amines) is 1. The van der Waals surface area contributed by atoms with Crippen LogP contribution >= 0.6 is 0 Å². The van der Waals surface area contributed by atoms with Crippen LogP contribution in [-0.4, -0.2) is 56.1 Å². The van der Waals surface area contributed by atoms with E-state index in [9.17, 15) is 9.59 Å². The van der Waals surface area contributed by atoms with Crippen LogP contribution in [0.5, 0.6) is 0 Å². The van der Waals surface area contributed by atoms with Crippen LogP contribution in [0.3, 0.4) is 0 Å². The van der Waals surface area contributed by atoms with Crippen molar-refractivity contribution < 1.29 is 14.3 Å². The minimum Gasteiger partial charge on any atom is -0.456 e. The molecule has 2 aromatic heterocycles. The Hall–Kier alpha value is -2.71. The van der Waals surface area contributed by atoms with Gasteiger partial charge >= 0.3 is 5.97 Å². The second kappa shape index (κ2) is 8.99. The quantitative estimate of drug-likeness (QED) is 0.773. The highest BCUT2D eigenvalue weighted by Crippen LogP contribution is 2.16. The van der Waals surface area contributed by atoms with Crippen molar-refractivity contribution in [2.24, 2.45) is 0 Å². The van der Waals surface area contributed by atoms with Crippen LogP contribution < -0.4 is 5.73 Å². The highest BCUT2D eigenvalue weighted by molar-refractivity contribution is 5.80. The number of aryl methyl sites for hydroxylation is 2. The zero-order valence-corrected chi connectivity index (χ0v) is 16.6. The molecule has 0 atom stereocenters. The molecule has 3 heterocycles. The van der Waals surface area contributed by atoms with Crippen LogP contribution in [0.1, 0.15) is 55.5 Å². The Balaban J connectivity index is 1.53. The van der Waals surface area contributed by atoms with Crippen LogP contribution in [0.25, 0.3) is 5.78 Å². The van der Waals surface area contributed by atoms with Crippen LogP contribution in [-0.2, 0) is 20.7 Å². The molecule has 1 saturated heterocycles. The van der Waals surface area contributed by atoms with Crippen molar-refractivity contribution in [2.75, 3.05) is 25.4 Å². The minimum absolute atomic E-state index is 0.108. The normalized spacial score (nSPS) is 15.3. The monoisotopic (exact) mass is 388 g/mol. The van der Waals surface area contributed by atoms with Gasteiger partial charge in [-0.1, -0.05) is 19.3 Å². The van der Waals surface area contributed by atoms with Gasteiger partial charge in [0.15, 0.2) is 6.61 Å². The first-order valence-electron chi connectivity index (χ1n) is 9.87. The van der Waals surface area contributed by atoms with E-state index in [1.54, 1.807) is 4.52 Å². The minimum atomic E-state index is -0.391. The Kier molecular flexibility index (Phi) is 6.43. The van der Waals surface area contributed by atoms with Gasteiger partial charge in [-0.15, -0.1) is 5.10 Å². The molecule has 0 unspecified atom stereocenters. The third kappa shape index (κ3) is 4.76. The molecule has 9 heteroatoms. The van der Waals surface area contributed by atoms with Crippen molar-refractivity contribution >= 4 is 23.6 Å². The molecule has 152 valence electrons. The maximum absolute atomic E-state index is 12.3. The van der Waals surface area contributed by atoms with Gasteiger partial charge in [0, 0.05) is 30.9 Å². The molecule has 3 rings (SSSR count). The number of esters is 1. The summed E-state index contributed by atoms with van der Waals surface area (Å²) in [7, 11) is 0. The van der Waals surface area contributed by atoms with E-state index in [4.69, 9.17) is 10.5 Å². The first kappa shape index (κ1) is 20.0. The van der Waals surface area contributed by atoms with E-state index in [1.165, 1.54) is 6.42 Å². The fourth-order valence-corrected chi connectivity index (χ4v) is 3.62. The molecule has 2 N–H and O–H groups in total. The average Bonchev–Trinajstić information content (AvgIpc) is 2.99. The predicted molar refractivity (Wildman–Crippen MR) is 104 cm³/mol. The maximum Gasteiger partial charge on any atom is 0.306 e. The summed E-state index contributed by atoms with van der Waals surface area (Å²) in [5.74, 6) is 0.105. The highest BCUT2D eigenvalue weighted by atomic mass is 16.5. The summed E-state index contributed by atoms with van der Waals surface area (Å²) in [4.78, 5) is 34.7. The predicted octanol–water partition coefficient (Wildman–Crippen LogP) is 1.59. The average molecular weight is 388 g/mol. The standard InChI is InChI=1S/C19H28N6O3/c1-13-15(14(2)25-19(21-13)22-18(20)23-25)8-9-17(27)28-12-16(26)24-10-6-4-3-5-7-11-24/h3-12H2,1-2H3,(H2,20,23). The Bertz CT molecular complexity index is 855. The van der Waals surface area contributed by atoms with E-state index in [0.717, 1.165) is 55.7 Å². The summed E-state index contributed by atoms with van der Waals surface area (Å²) in [6.07, 6.45) is 6.19. The van der Waals surface area contributed by atoms with Crippen LogP contribution in [0.15, 0.2) is 0 Å². The van der Waals surface area contributed by atoms with E-state index in [0.29, 0.717) is 12.2 Å². The van der Waals surface area contributed by atoms with Crippen molar-refractivity contribution in [3.05, 3.63) is 17.0 Å². The number of hydrogen-bond acceptors (Lipinski definition) is 7. The number of carbonyl (C=O) groups excluding carboxylic acids is 2. The van der Waals surface area contributed by atoms with Gasteiger partial charge in [0.25, 0.3) is 11.7 Å². The molecule has 0 bridgehead atoms. The number of rotatable bonds is 5. The maximum atomic E-state index is 12.3. The molecule has 1 aliphatic heterocycles. The summed E-state index contributed by atoms with van der Waals surface area (Å²) in [6, 6.07) is 0. The van der Waals surface area contributed by atoms with Gasteiger partial charge in [-0.2, -0.15) is 9.50 Å². The summed E-state index contributed by atoms with van der Waals surface area (Å²) in [5, 5.41) is 4.12. The van der Waals surface area contributed by atoms with Gasteiger partial charge in [-0.25, -0.2) is 4.98 Å². The summed E-state index contributed by atoms with van der Waals surface area (Å²) < 4.78 is 6.79. The van der Waals surface area contributed by atoms with E-state index >= 15 is 0 Å². The van der Waals surface area contributed by atoms with Gasteiger partial charge in [0.1, 0.15) is 0 Å². The number of amides is 1. The summed E-state index contributed by atoms with van der Waals surface area (Å²) in [5.41, 5.74) is 8.17. The second-order valence-electron chi connectivity index (χ2n) is 7.25. The fraction of sp³-hybridized carbons (Fsp3) is 0.632. The smallest absolute Gasteiger partial charge is 0.306 e. The molecule has 1 fully saturated rings. The molecule has 0 aromatic carbocycles. The Morgan fingerprint density at radius 3 is 2.46 bits per heavy atom. The molecule has 1 aliphatic rings. The van der Waals surface area contributed by atoms with E-state index in [1.807, 2.05) is 18.7 Å². The second-order valence-corrected chi connectivity index (χ2v) is 7.25. The number of nitrogens with zero attached hydrogens (tertiary/aromatic N) is 5. The van der Waals surface area contributed by atoms with E-state index in [2.05, 4.69) is 15.1 Å². The molecular weight excluding hydrogens is 360 g/mol. The lowest BCUT2D eigenvalue weighted by Crippen LogP contribution is -2.37. The molecule has 1 amide bonds. The van der Waals surface area contributed by atoms with Crippen LogP contribution in [0.4, 0.5) is 5.95 Å². The van der Waals surface area contributed by atoms with Gasteiger partial charge in [0.05, 0.1) is 0 Å². The van der Waals surface area contributed by atoms with Gasteiger partial charge in [0.2, 0.25) is 5.95 Å². The zero-order chi connectivity index (χ0) is 20.1. The van der Waals surface area contributed by atoms with E-state index < -0.39 is 5.97 Å². The number of nitrogens with two attached hydrogens (primary N) is 1. The molecule has 0 radical (unpaired) electrons. The number of hydrogen-bond donors (Lipinski definition) is 1. The molecule has 9 nitrogen and oxygen atoms in total. The number of aromatic nitrogens is 4. The lowest BCUT2D eigenvalue weighted by atomic mass is 10.1. The molecule has 0 saturated carbocycles. The summed E-state index contributed by atoms with van der Waals surface area (Å²) >= 11 is 0. The zero-order valence-electron chi connectivity index (χ0n) is 16.6. The third-order valence-corrected chi connectivity index (χ3v) is 5.21. The topological polar surface area (TPSA) is 116 Å². The van der Waals surface area contributed by atoms with Crippen molar-refractivity contribution in [1.29, 1.82) is 0 Å². The Morgan fingerprint density at radius 1 is 1.07 bits per heavy atom. The van der Waals surface area contributed by atoms with Crippen molar-refractivity contribution in [1.82, 2.24) is 24.5 Å². The lowest BCUT2D eigenvalue weighted by Gasteiger charge is -2.24. The lowest BCUT2D eigenvalue weighted by molar-refractivity contribution is -0.152. The molecule has 28 heavy (non-hydrogen) atoms. The molecule has 0 spiro atoms. The SMILES string of the molecule is Cc1nc2nc(N)nn2c(C)c1CCC(=O)OCC(=O)N1CCCCCCC1.